The number of morpholine rings is 1. The first-order valence-electron chi connectivity index (χ1n) is 6.26. The molecule has 0 aromatic carbocycles. The molecule has 2 saturated heterocycles. The monoisotopic (exact) mass is 250 g/mol. The first kappa shape index (κ1) is 11.7. The largest absolute Gasteiger partial charge is 0.373 e. The molecule has 1 aromatic rings. The average molecular weight is 250 g/mol. The Morgan fingerprint density at radius 2 is 2.28 bits per heavy atom. The molecule has 2 fully saturated rings. The van der Waals surface area contributed by atoms with Gasteiger partial charge in [0.05, 0.1) is 18.8 Å². The number of fused-ring (bicyclic) bond motifs is 1. The van der Waals surface area contributed by atoms with Crippen LogP contribution in [0.2, 0.25) is 0 Å². The van der Waals surface area contributed by atoms with Gasteiger partial charge in [0.1, 0.15) is 5.69 Å². The molecule has 6 heteroatoms. The van der Waals surface area contributed by atoms with Gasteiger partial charge in [-0.05, 0) is 13.1 Å². The molecule has 0 aliphatic carbocycles. The number of hydrogen-bond acceptors (Lipinski definition) is 4. The highest BCUT2D eigenvalue weighted by Crippen LogP contribution is 2.22. The normalized spacial score (nSPS) is 28.4. The molecule has 2 atom stereocenters. The number of likely N-dealkylation sites (tertiary alicyclic amines) is 1. The molecule has 18 heavy (non-hydrogen) atoms. The summed E-state index contributed by atoms with van der Waals surface area (Å²) >= 11 is 0. The fraction of sp³-hybridized carbons (Fsp3) is 0.667. The molecule has 6 nitrogen and oxygen atoms in total. The standard InChI is InChI=1S/C12H18N4O2/c1-14-5-6-18-11-8-16(7-10(11)14)12(17)9-3-4-15(2)13-9/h3-4,10-11H,5-8H2,1-2H3/t10-,11+/m0/s1. The van der Waals surface area contributed by atoms with Crippen molar-refractivity contribution in [1.29, 1.82) is 0 Å². The van der Waals surface area contributed by atoms with Crippen LogP contribution in [0.25, 0.3) is 0 Å². The van der Waals surface area contributed by atoms with Gasteiger partial charge in [0.25, 0.3) is 5.91 Å². The first-order valence-corrected chi connectivity index (χ1v) is 6.26. The summed E-state index contributed by atoms with van der Waals surface area (Å²) in [5, 5.41) is 4.16. The van der Waals surface area contributed by atoms with E-state index in [1.54, 1.807) is 16.9 Å². The maximum Gasteiger partial charge on any atom is 0.274 e. The molecule has 0 radical (unpaired) electrons. The minimum absolute atomic E-state index is 0.00185. The maximum atomic E-state index is 12.3. The van der Waals surface area contributed by atoms with Crippen molar-refractivity contribution >= 4 is 5.91 Å². The summed E-state index contributed by atoms with van der Waals surface area (Å²) in [6.45, 7) is 3.09. The van der Waals surface area contributed by atoms with Gasteiger partial charge in [-0.3, -0.25) is 14.4 Å². The van der Waals surface area contributed by atoms with E-state index in [1.165, 1.54) is 0 Å². The number of aromatic nitrogens is 2. The first-order chi connectivity index (χ1) is 8.65. The zero-order valence-corrected chi connectivity index (χ0v) is 10.7. The van der Waals surface area contributed by atoms with Crippen molar-refractivity contribution in [3.63, 3.8) is 0 Å². The van der Waals surface area contributed by atoms with Crippen LogP contribution >= 0.6 is 0 Å². The topological polar surface area (TPSA) is 50.6 Å². The smallest absolute Gasteiger partial charge is 0.274 e. The molecule has 2 aliphatic heterocycles. The Bertz CT molecular complexity index is 459. The zero-order chi connectivity index (χ0) is 12.7. The number of carbonyl (C=O) groups excluding carboxylic acids is 1. The fourth-order valence-corrected chi connectivity index (χ4v) is 2.71. The summed E-state index contributed by atoms with van der Waals surface area (Å²) in [7, 11) is 3.91. The van der Waals surface area contributed by atoms with Crippen LogP contribution < -0.4 is 0 Å². The Kier molecular flexibility index (Phi) is 2.83. The second-order valence-electron chi connectivity index (χ2n) is 5.04. The number of hydrogen-bond donors (Lipinski definition) is 0. The summed E-state index contributed by atoms with van der Waals surface area (Å²) in [5.41, 5.74) is 0.513. The van der Waals surface area contributed by atoms with Crippen molar-refractivity contribution < 1.29 is 9.53 Å². The molecule has 1 amide bonds. The van der Waals surface area contributed by atoms with Crippen molar-refractivity contribution in [2.24, 2.45) is 7.05 Å². The Balaban J connectivity index is 1.73. The number of amides is 1. The van der Waals surface area contributed by atoms with E-state index in [9.17, 15) is 4.79 Å². The molecule has 2 aliphatic rings. The van der Waals surface area contributed by atoms with E-state index < -0.39 is 0 Å². The Morgan fingerprint density at radius 1 is 1.44 bits per heavy atom. The van der Waals surface area contributed by atoms with Gasteiger partial charge in [-0.25, -0.2) is 0 Å². The van der Waals surface area contributed by atoms with Crippen LogP contribution in [0.5, 0.6) is 0 Å². The fourth-order valence-electron chi connectivity index (χ4n) is 2.71. The zero-order valence-electron chi connectivity index (χ0n) is 10.7. The van der Waals surface area contributed by atoms with Gasteiger partial charge in [0.2, 0.25) is 0 Å². The molecule has 98 valence electrons. The molecular formula is C12H18N4O2. The number of carbonyl (C=O) groups is 1. The number of nitrogens with zero attached hydrogens (tertiary/aromatic N) is 4. The molecule has 0 spiro atoms. The quantitative estimate of drug-likeness (QED) is 0.679. The Labute approximate surface area is 106 Å². The van der Waals surface area contributed by atoms with Gasteiger partial charge >= 0.3 is 0 Å². The summed E-state index contributed by atoms with van der Waals surface area (Å²) < 4.78 is 7.38. The van der Waals surface area contributed by atoms with E-state index in [0.29, 0.717) is 18.3 Å². The minimum Gasteiger partial charge on any atom is -0.373 e. The van der Waals surface area contributed by atoms with Crippen molar-refractivity contribution in [3.8, 4) is 0 Å². The van der Waals surface area contributed by atoms with Crippen molar-refractivity contribution in [2.45, 2.75) is 12.1 Å². The highest BCUT2D eigenvalue weighted by molar-refractivity contribution is 5.92. The third kappa shape index (κ3) is 1.91. The number of rotatable bonds is 1. The third-order valence-corrected chi connectivity index (χ3v) is 3.80. The van der Waals surface area contributed by atoms with Crippen molar-refractivity contribution in [2.75, 3.05) is 33.3 Å². The van der Waals surface area contributed by atoms with Gasteiger partial charge in [-0.15, -0.1) is 0 Å². The molecule has 0 N–H and O–H groups in total. The summed E-state index contributed by atoms with van der Waals surface area (Å²) in [5.74, 6) is 0.00185. The molecule has 3 heterocycles. The second kappa shape index (κ2) is 4.37. The van der Waals surface area contributed by atoms with E-state index >= 15 is 0 Å². The van der Waals surface area contributed by atoms with Gasteiger partial charge < -0.3 is 9.64 Å². The van der Waals surface area contributed by atoms with Crippen LogP contribution in [-0.2, 0) is 11.8 Å². The maximum absolute atomic E-state index is 12.3. The second-order valence-corrected chi connectivity index (χ2v) is 5.04. The van der Waals surface area contributed by atoms with Crippen LogP contribution in [0, 0.1) is 0 Å². The van der Waals surface area contributed by atoms with E-state index in [2.05, 4.69) is 17.0 Å². The SMILES string of the molecule is CN1CCO[C@@H]2CN(C(=O)c3ccn(C)n3)C[C@@H]21. The predicted molar refractivity (Wildman–Crippen MR) is 65.3 cm³/mol. The van der Waals surface area contributed by atoms with Crippen molar-refractivity contribution in [3.05, 3.63) is 18.0 Å². The molecule has 0 saturated carbocycles. The highest BCUT2D eigenvalue weighted by Gasteiger charge is 2.40. The summed E-state index contributed by atoms with van der Waals surface area (Å²) in [6, 6.07) is 2.08. The number of ether oxygens (including phenoxy) is 1. The Hall–Kier alpha value is -1.40. The lowest BCUT2D eigenvalue weighted by atomic mass is 10.1. The van der Waals surface area contributed by atoms with Crippen LogP contribution in [-0.4, -0.2) is 70.9 Å². The minimum atomic E-state index is 0.00185. The van der Waals surface area contributed by atoms with Gasteiger partial charge in [0.15, 0.2) is 0 Å². The van der Waals surface area contributed by atoms with E-state index in [-0.39, 0.29) is 12.0 Å². The van der Waals surface area contributed by atoms with E-state index in [0.717, 1.165) is 19.7 Å². The van der Waals surface area contributed by atoms with Gasteiger partial charge in [-0.1, -0.05) is 0 Å². The van der Waals surface area contributed by atoms with Crippen LogP contribution in [0.1, 0.15) is 10.5 Å². The highest BCUT2D eigenvalue weighted by atomic mass is 16.5. The molecular weight excluding hydrogens is 232 g/mol. The lowest BCUT2D eigenvalue weighted by molar-refractivity contribution is -0.0368. The molecule has 1 aromatic heterocycles. The molecule has 0 bridgehead atoms. The third-order valence-electron chi connectivity index (χ3n) is 3.80. The Morgan fingerprint density at radius 3 is 2.94 bits per heavy atom. The van der Waals surface area contributed by atoms with Crippen LogP contribution in [0.15, 0.2) is 12.3 Å². The van der Waals surface area contributed by atoms with Crippen molar-refractivity contribution in [1.82, 2.24) is 19.6 Å². The van der Waals surface area contributed by atoms with E-state index in [4.69, 9.17) is 4.74 Å². The van der Waals surface area contributed by atoms with Gasteiger partial charge in [0, 0.05) is 32.9 Å². The molecule has 3 rings (SSSR count). The lowest BCUT2D eigenvalue weighted by Gasteiger charge is -2.33. The number of aryl methyl sites for hydroxylation is 1. The molecule has 0 unspecified atom stereocenters. The average Bonchev–Trinajstić information content (AvgIpc) is 2.95. The van der Waals surface area contributed by atoms with Crippen LogP contribution in [0.4, 0.5) is 0 Å². The van der Waals surface area contributed by atoms with Crippen LogP contribution in [0.3, 0.4) is 0 Å². The lowest BCUT2D eigenvalue weighted by Crippen LogP contribution is -2.48. The van der Waals surface area contributed by atoms with Gasteiger partial charge in [-0.2, -0.15) is 5.10 Å². The summed E-state index contributed by atoms with van der Waals surface area (Å²) in [4.78, 5) is 16.4. The number of likely N-dealkylation sites (N-methyl/N-ethyl adjacent to an activating group) is 1. The predicted octanol–water partition coefficient (Wildman–Crippen LogP) is -0.425. The summed E-state index contributed by atoms with van der Waals surface area (Å²) in [6.07, 6.45) is 1.94. The van der Waals surface area contributed by atoms with E-state index in [1.807, 2.05) is 11.9 Å².